The molecular weight excluding hydrogens is 222 g/mol. The van der Waals surface area contributed by atoms with E-state index < -0.39 is 12.3 Å². The first-order chi connectivity index (χ1) is 7.82. The van der Waals surface area contributed by atoms with Crippen LogP contribution < -0.4 is 0 Å². The summed E-state index contributed by atoms with van der Waals surface area (Å²) < 4.78 is 26.4. The van der Waals surface area contributed by atoms with Gasteiger partial charge in [0.1, 0.15) is 5.82 Å². The summed E-state index contributed by atoms with van der Waals surface area (Å²) in [6.07, 6.45) is -2.82. The minimum Gasteiger partial charge on any atom is -0.351 e. The fourth-order valence-corrected chi connectivity index (χ4v) is 1.65. The van der Waals surface area contributed by atoms with Crippen LogP contribution in [-0.2, 0) is 0 Å². The Morgan fingerprint density at radius 2 is 1.59 bits per heavy atom. The maximum atomic E-state index is 13.2. The Hall–Kier alpha value is -1.19. The number of hydrogen-bond acceptors (Lipinski definition) is 2. The van der Waals surface area contributed by atoms with Crippen LogP contribution >= 0.6 is 0 Å². The second kappa shape index (κ2) is 5.43. The number of allylic oxidation sites excluding steroid dienone is 2. The van der Waals surface area contributed by atoms with E-state index in [2.05, 4.69) is 11.6 Å². The van der Waals surface area contributed by atoms with E-state index in [0.717, 1.165) is 16.9 Å². The Balaban J connectivity index is 2.94. The Labute approximate surface area is 102 Å². The van der Waals surface area contributed by atoms with Crippen molar-refractivity contribution in [2.45, 2.75) is 40.0 Å². The molecule has 0 N–H and O–H groups in total. The predicted molar refractivity (Wildman–Crippen MR) is 67.7 cm³/mol. The summed E-state index contributed by atoms with van der Waals surface area (Å²) in [6, 6.07) is 0. The highest BCUT2D eigenvalue weighted by Crippen LogP contribution is 2.23. The molecule has 1 saturated heterocycles. The molecule has 1 aliphatic heterocycles. The number of rotatable bonds is 3. The molecule has 2 nitrogen and oxygen atoms in total. The zero-order chi connectivity index (χ0) is 13.2. The van der Waals surface area contributed by atoms with Crippen LogP contribution in [0, 0.1) is 0 Å². The molecule has 0 saturated carbocycles. The van der Waals surface area contributed by atoms with Crippen LogP contribution in [0.3, 0.4) is 0 Å². The maximum absolute atomic E-state index is 13.2. The molecule has 0 radical (unpaired) electrons. The third-order valence-corrected chi connectivity index (χ3v) is 2.82. The SMILES string of the molecule is C=C(C)/C(C)=N\C(=C(C)C)N1CC(F)C(F)C1. The number of hydrogen-bond donors (Lipinski definition) is 0. The van der Waals surface area contributed by atoms with Crippen LogP contribution in [0.2, 0.25) is 0 Å². The quantitative estimate of drug-likeness (QED) is 0.693. The van der Waals surface area contributed by atoms with Gasteiger partial charge in [-0.3, -0.25) is 0 Å². The zero-order valence-corrected chi connectivity index (χ0v) is 10.9. The second-order valence-electron chi connectivity index (χ2n) is 4.74. The van der Waals surface area contributed by atoms with Crippen molar-refractivity contribution in [3.05, 3.63) is 23.5 Å². The van der Waals surface area contributed by atoms with E-state index in [1.165, 1.54) is 0 Å². The zero-order valence-electron chi connectivity index (χ0n) is 10.9. The van der Waals surface area contributed by atoms with E-state index >= 15 is 0 Å². The standard InChI is InChI=1S/C13H20F2N2/c1-8(2)10(5)16-13(9(3)4)17-6-11(14)12(15)7-17/h11-12H,1,6-7H2,2-5H3/b16-10-. The summed E-state index contributed by atoms with van der Waals surface area (Å²) in [5.41, 5.74) is 2.60. The highest BCUT2D eigenvalue weighted by Gasteiger charge is 2.34. The van der Waals surface area contributed by atoms with Gasteiger partial charge < -0.3 is 4.90 Å². The predicted octanol–water partition coefficient (Wildman–Crippen LogP) is 3.27. The summed E-state index contributed by atoms with van der Waals surface area (Å²) in [7, 11) is 0. The molecule has 4 heteroatoms. The third-order valence-electron chi connectivity index (χ3n) is 2.82. The molecule has 0 amide bonds. The molecule has 2 unspecified atom stereocenters. The van der Waals surface area contributed by atoms with Crippen LogP contribution in [0.5, 0.6) is 0 Å². The summed E-state index contributed by atoms with van der Waals surface area (Å²) in [5, 5.41) is 0. The van der Waals surface area contributed by atoms with Gasteiger partial charge in [0.15, 0.2) is 12.3 Å². The second-order valence-corrected chi connectivity index (χ2v) is 4.74. The van der Waals surface area contributed by atoms with Gasteiger partial charge in [-0.05, 0) is 38.8 Å². The molecule has 0 aromatic rings. The molecule has 0 spiro atoms. The van der Waals surface area contributed by atoms with Gasteiger partial charge in [0.05, 0.1) is 13.1 Å². The van der Waals surface area contributed by atoms with Crippen LogP contribution in [0.15, 0.2) is 28.5 Å². The van der Waals surface area contributed by atoms with E-state index in [9.17, 15) is 8.78 Å². The molecule has 1 aliphatic rings. The highest BCUT2D eigenvalue weighted by molar-refractivity contribution is 5.97. The first-order valence-corrected chi connectivity index (χ1v) is 5.74. The van der Waals surface area contributed by atoms with E-state index in [0.29, 0.717) is 5.82 Å². The lowest BCUT2D eigenvalue weighted by Crippen LogP contribution is -2.21. The fraction of sp³-hybridized carbons (Fsp3) is 0.615. The van der Waals surface area contributed by atoms with Crippen LogP contribution in [-0.4, -0.2) is 36.0 Å². The Morgan fingerprint density at radius 3 is 1.94 bits per heavy atom. The van der Waals surface area contributed by atoms with Gasteiger partial charge in [-0.15, -0.1) is 0 Å². The average Bonchev–Trinajstić information content (AvgIpc) is 2.54. The van der Waals surface area contributed by atoms with Gasteiger partial charge in [0.25, 0.3) is 0 Å². The van der Waals surface area contributed by atoms with Crippen LogP contribution in [0.25, 0.3) is 0 Å². The van der Waals surface area contributed by atoms with Crippen LogP contribution in [0.1, 0.15) is 27.7 Å². The molecule has 0 aliphatic carbocycles. The Bertz CT molecular complexity index is 358. The van der Waals surface area contributed by atoms with Crippen molar-refractivity contribution in [2.24, 2.45) is 4.99 Å². The van der Waals surface area contributed by atoms with Crippen molar-refractivity contribution >= 4 is 5.71 Å². The number of nitrogens with zero attached hydrogens (tertiary/aromatic N) is 2. The lowest BCUT2D eigenvalue weighted by Gasteiger charge is -2.20. The van der Waals surface area contributed by atoms with E-state index in [-0.39, 0.29) is 13.1 Å². The number of halogens is 2. The molecular formula is C13H20F2N2. The lowest BCUT2D eigenvalue weighted by molar-refractivity contribution is 0.217. The van der Waals surface area contributed by atoms with Crippen molar-refractivity contribution in [3.8, 4) is 0 Å². The number of likely N-dealkylation sites (tertiary alicyclic amines) is 1. The monoisotopic (exact) mass is 242 g/mol. The van der Waals surface area contributed by atoms with Gasteiger partial charge in [-0.1, -0.05) is 6.58 Å². The van der Waals surface area contributed by atoms with Crippen molar-refractivity contribution in [2.75, 3.05) is 13.1 Å². The largest absolute Gasteiger partial charge is 0.351 e. The minimum absolute atomic E-state index is 0.0780. The minimum atomic E-state index is -1.41. The smallest absolute Gasteiger partial charge is 0.150 e. The summed E-state index contributed by atoms with van der Waals surface area (Å²) >= 11 is 0. The summed E-state index contributed by atoms with van der Waals surface area (Å²) in [4.78, 5) is 6.08. The van der Waals surface area contributed by atoms with E-state index in [1.807, 2.05) is 27.7 Å². The molecule has 0 aromatic carbocycles. The van der Waals surface area contributed by atoms with E-state index in [4.69, 9.17) is 0 Å². The molecule has 1 heterocycles. The Kier molecular flexibility index (Phi) is 4.43. The summed E-state index contributed by atoms with van der Waals surface area (Å²) in [6.45, 7) is 11.5. The van der Waals surface area contributed by atoms with Gasteiger partial charge >= 0.3 is 0 Å². The van der Waals surface area contributed by atoms with Crippen molar-refractivity contribution < 1.29 is 8.78 Å². The molecule has 96 valence electrons. The lowest BCUT2D eigenvalue weighted by atomic mass is 10.2. The van der Waals surface area contributed by atoms with E-state index in [1.54, 1.807) is 4.90 Å². The molecule has 1 fully saturated rings. The highest BCUT2D eigenvalue weighted by atomic mass is 19.2. The Morgan fingerprint density at radius 1 is 1.12 bits per heavy atom. The average molecular weight is 242 g/mol. The third kappa shape index (κ3) is 3.38. The van der Waals surface area contributed by atoms with Gasteiger partial charge in [-0.2, -0.15) is 0 Å². The van der Waals surface area contributed by atoms with Crippen LogP contribution in [0.4, 0.5) is 8.78 Å². The first-order valence-electron chi connectivity index (χ1n) is 5.74. The molecule has 0 bridgehead atoms. The number of aliphatic imine (C=N–C) groups is 1. The van der Waals surface area contributed by atoms with Gasteiger partial charge in [-0.25, -0.2) is 13.8 Å². The first kappa shape index (κ1) is 13.9. The van der Waals surface area contributed by atoms with Gasteiger partial charge in [0.2, 0.25) is 0 Å². The summed E-state index contributed by atoms with van der Waals surface area (Å²) in [5.74, 6) is 0.660. The molecule has 17 heavy (non-hydrogen) atoms. The normalized spacial score (nSPS) is 25.1. The van der Waals surface area contributed by atoms with Crippen molar-refractivity contribution in [1.29, 1.82) is 0 Å². The maximum Gasteiger partial charge on any atom is 0.150 e. The van der Waals surface area contributed by atoms with Crippen molar-refractivity contribution in [3.63, 3.8) is 0 Å². The van der Waals surface area contributed by atoms with Crippen molar-refractivity contribution in [1.82, 2.24) is 4.90 Å². The van der Waals surface area contributed by atoms with Gasteiger partial charge in [0, 0.05) is 5.71 Å². The molecule has 1 rings (SSSR count). The number of alkyl halides is 2. The fourth-order valence-electron chi connectivity index (χ4n) is 1.65. The molecule has 2 atom stereocenters. The molecule has 0 aromatic heterocycles. The topological polar surface area (TPSA) is 15.6 Å².